The average Bonchev–Trinajstić information content (AvgIpc) is 3.13. The number of aromatic nitrogens is 3. The lowest BCUT2D eigenvalue weighted by Gasteiger charge is -2.10. The first-order valence-electron chi connectivity index (χ1n) is 7.41. The van der Waals surface area contributed by atoms with Crippen molar-refractivity contribution in [3.05, 3.63) is 34.0 Å². The maximum absolute atomic E-state index is 12.5. The summed E-state index contributed by atoms with van der Waals surface area (Å²) in [5, 5.41) is 11.7. The molecule has 2 aromatic rings. The van der Waals surface area contributed by atoms with Crippen molar-refractivity contribution in [2.24, 2.45) is 4.99 Å². The largest absolute Gasteiger partial charge is 0.434 e. The van der Waals surface area contributed by atoms with Crippen molar-refractivity contribution < 1.29 is 13.2 Å². The molecule has 0 aliphatic heterocycles. The predicted molar refractivity (Wildman–Crippen MR) is 102 cm³/mol. The topological polar surface area (TPSA) is 67.1 Å². The van der Waals surface area contributed by atoms with E-state index >= 15 is 0 Å². The molecule has 0 unspecified atom stereocenters. The van der Waals surface area contributed by atoms with Gasteiger partial charge < -0.3 is 10.6 Å². The number of rotatable bonds is 6. The second-order valence-corrected chi connectivity index (χ2v) is 5.97. The monoisotopic (exact) mass is 488 g/mol. The summed E-state index contributed by atoms with van der Waals surface area (Å²) in [6.07, 6.45) is -0.705. The standard InChI is InChI=1S/C14H19F3N6S.HI/c1-3-18-13(19-4-5-23-8-10(2)6-21-23)20-7-12-22-11(9-24-12)14(15,16)17;/h6,8-9H,3-5,7H2,1-2H3,(H2,18,19,20);1H. The molecule has 11 heteroatoms. The highest BCUT2D eigenvalue weighted by molar-refractivity contribution is 14.0. The third kappa shape index (κ3) is 7.18. The summed E-state index contributed by atoms with van der Waals surface area (Å²) in [6.45, 7) is 5.88. The molecule has 2 rings (SSSR count). The zero-order valence-corrected chi connectivity index (χ0v) is 16.9. The maximum atomic E-state index is 12.5. The summed E-state index contributed by atoms with van der Waals surface area (Å²) in [5.74, 6) is 0.533. The minimum atomic E-state index is -4.41. The zero-order chi connectivity index (χ0) is 17.6. The van der Waals surface area contributed by atoms with Crippen LogP contribution in [0.25, 0.3) is 0 Å². The first-order chi connectivity index (χ1) is 11.4. The van der Waals surface area contributed by atoms with Crippen LogP contribution < -0.4 is 10.6 Å². The highest BCUT2D eigenvalue weighted by Gasteiger charge is 2.33. The summed E-state index contributed by atoms with van der Waals surface area (Å²) in [6, 6.07) is 0. The van der Waals surface area contributed by atoms with Gasteiger partial charge in [-0.2, -0.15) is 18.3 Å². The summed E-state index contributed by atoms with van der Waals surface area (Å²) in [5.41, 5.74) is 0.213. The Bertz CT molecular complexity index is 682. The Labute approximate surface area is 165 Å². The smallest absolute Gasteiger partial charge is 0.357 e. The number of hydrogen-bond donors (Lipinski definition) is 2. The average molecular weight is 488 g/mol. The van der Waals surface area contributed by atoms with Crippen LogP contribution in [0.5, 0.6) is 0 Å². The fourth-order valence-corrected chi connectivity index (χ4v) is 2.60. The molecular weight excluding hydrogens is 468 g/mol. The number of hydrogen-bond acceptors (Lipinski definition) is 4. The SMILES string of the molecule is CCNC(=NCc1nc(C(F)(F)F)cs1)NCCn1cc(C)cn1.I. The molecule has 0 spiro atoms. The molecule has 0 radical (unpaired) electrons. The van der Waals surface area contributed by atoms with Crippen LogP contribution in [0.3, 0.4) is 0 Å². The summed E-state index contributed by atoms with van der Waals surface area (Å²) in [4.78, 5) is 7.82. The van der Waals surface area contributed by atoms with E-state index in [-0.39, 0.29) is 30.5 Å². The normalized spacial score (nSPS) is 12.0. The van der Waals surface area contributed by atoms with E-state index in [4.69, 9.17) is 0 Å². The lowest BCUT2D eigenvalue weighted by Crippen LogP contribution is -2.38. The molecule has 2 aromatic heterocycles. The van der Waals surface area contributed by atoms with E-state index in [9.17, 15) is 13.2 Å². The van der Waals surface area contributed by atoms with Crippen molar-refractivity contribution >= 4 is 41.3 Å². The van der Waals surface area contributed by atoms with E-state index in [1.165, 1.54) is 0 Å². The molecule has 0 aliphatic carbocycles. The Kier molecular flexibility index (Phi) is 8.62. The number of thiazole rings is 1. The molecule has 0 atom stereocenters. The summed E-state index contributed by atoms with van der Waals surface area (Å²) in [7, 11) is 0. The van der Waals surface area contributed by atoms with Gasteiger partial charge in [0, 0.05) is 24.7 Å². The lowest BCUT2D eigenvalue weighted by molar-refractivity contribution is -0.140. The second kappa shape index (κ2) is 9.94. The number of aryl methyl sites for hydroxylation is 1. The Balaban J connectivity index is 0.00000312. The summed E-state index contributed by atoms with van der Waals surface area (Å²) < 4.78 is 39.4. The second-order valence-electron chi connectivity index (χ2n) is 5.03. The van der Waals surface area contributed by atoms with Crippen LogP contribution in [0, 0.1) is 6.92 Å². The molecule has 6 nitrogen and oxygen atoms in total. The van der Waals surface area contributed by atoms with Gasteiger partial charge in [0.2, 0.25) is 0 Å². The van der Waals surface area contributed by atoms with Crippen LogP contribution in [0.15, 0.2) is 22.8 Å². The molecule has 2 heterocycles. The van der Waals surface area contributed by atoms with Gasteiger partial charge in [0.15, 0.2) is 11.7 Å². The fraction of sp³-hybridized carbons (Fsp3) is 0.500. The molecule has 0 aromatic carbocycles. The van der Waals surface area contributed by atoms with Gasteiger partial charge in [-0.3, -0.25) is 4.68 Å². The van der Waals surface area contributed by atoms with Crippen molar-refractivity contribution in [2.45, 2.75) is 33.1 Å². The van der Waals surface area contributed by atoms with E-state index in [0.29, 0.717) is 30.6 Å². The van der Waals surface area contributed by atoms with E-state index in [1.807, 2.05) is 24.7 Å². The molecule has 2 N–H and O–H groups in total. The van der Waals surface area contributed by atoms with Crippen molar-refractivity contribution in [3.8, 4) is 0 Å². The molecule has 0 saturated heterocycles. The van der Waals surface area contributed by atoms with E-state index < -0.39 is 11.9 Å². The molecule has 0 saturated carbocycles. The zero-order valence-electron chi connectivity index (χ0n) is 13.8. The van der Waals surface area contributed by atoms with Crippen LogP contribution in [0.4, 0.5) is 13.2 Å². The van der Waals surface area contributed by atoms with Crippen LogP contribution in [-0.2, 0) is 19.3 Å². The number of halogens is 4. The van der Waals surface area contributed by atoms with Crippen LogP contribution in [0.2, 0.25) is 0 Å². The molecule has 0 amide bonds. The Hall–Kier alpha value is -1.37. The van der Waals surface area contributed by atoms with Gasteiger partial charge in [0.25, 0.3) is 0 Å². The van der Waals surface area contributed by atoms with Gasteiger partial charge in [-0.15, -0.1) is 35.3 Å². The summed E-state index contributed by atoms with van der Waals surface area (Å²) >= 11 is 0.952. The van der Waals surface area contributed by atoms with Crippen LogP contribution in [-0.4, -0.2) is 33.8 Å². The van der Waals surface area contributed by atoms with Crippen molar-refractivity contribution in [1.82, 2.24) is 25.4 Å². The molecule has 0 aliphatic rings. The number of guanidine groups is 1. The predicted octanol–water partition coefficient (Wildman–Crippen LogP) is 3.04. The molecular formula is C14H20F3IN6S. The maximum Gasteiger partial charge on any atom is 0.434 e. The molecule has 0 bridgehead atoms. The number of aliphatic imine (C=N–C) groups is 1. The first kappa shape index (κ1) is 21.7. The van der Waals surface area contributed by atoms with Crippen LogP contribution in [0.1, 0.15) is 23.2 Å². The number of nitrogens with zero attached hydrogens (tertiary/aromatic N) is 4. The Morgan fingerprint density at radius 1 is 1.36 bits per heavy atom. The van der Waals surface area contributed by atoms with Gasteiger partial charge in [-0.05, 0) is 19.4 Å². The van der Waals surface area contributed by atoms with Gasteiger partial charge in [-0.1, -0.05) is 0 Å². The van der Waals surface area contributed by atoms with E-state index in [0.717, 1.165) is 22.3 Å². The highest BCUT2D eigenvalue weighted by atomic mass is 127. The van der Waals surface area contributed by atoms with E-state index in [2.05, 4.69) is 25.7 Å². The van der Waals surface area contributed by atoms with Crippen molar-refractivity contribution in [1.29, 1.82) is 0 Å². The Morgan fingerprint density at radius 2 is 2.12 bits per heavy atom. The number of nitrogens with one attached hydrogen (secondary N) is 2. The van der Waals surface area contributed by atoms with Crippen molar-refractivity contribution in [2.75, 3.05) is 13.1 Å². The molecule has 0 fully saturated rings. The lowest BCUT2D eigenvalue weighted by atomic mass is 10.4. The van der Waals surface area contributed by atoms with Crippen LogP contribution >= 0.6 is 35.3 Å². The quantitative estimate of drug-likeness (QED) is 0.373. The molecule has 25 heavy (non-hydrogen) atoms. The first-order valence-corrected chi connectivity index (χ1v) is 8.29. The minimum absolute atomic E-state index is 0. The third-order valence-corrected chi connectivity index (χ3v) is 3.79. The van der Waals surface area contributed by atoms with Gasteiger partial charge in [0.05, 0.1) is 19.3 Å². The molecule has 140 valence electrons. The van der Waals surface area contributed by atoms with Gasteiger partial charge in [-0.25, -0.2) is 9.98 Å². The minimum Gasteiger partial charge on any atom is -0.357 e. The third-order valence-electron chi connectivity index (χ3n) is 2.95. The van der Waals surface area contributed by atoms with Gasteiger partial charge in [0.1, 0.15) is 5.01 Å². The van der Waals surface area contributed by atoms with Crippen molar-refractivity contribution in [3.63, 3.8) is 0 Å². The highest BCUT2D eigenvalue weighted by Crippen LogP contribution is 2.30. The van der Waals surface area contributed by atoms with E-state index in [1.54, 1.807) is 6.20 Å². The fourth-order valence-electron chi connectivity index (χ4n) is 1.88. The number of alkyl halides is 3. The Morgan fingerprint density at radius 3 is 2.68 bits per heavy atom. The van der Waals surface area contributed by atoms with Gasteiger partial charge >= 0.3 is 6.18 Å².